The van der Waals surface area contributed by atoms with Gasteiger partial charge >= 0.3 is 5.97 Å². The van der Waals surface area contributed by atoms with Gasteiger partial charge in [-0.15, -0.1) is 0 Å². The lowest BCUT2D eigenvalue weighted by atomic mass is 9.97. The van der Waals surface area contributed by atoms with E-state index in [1.807, 2.05) is 60.7 Å². The average molecular weight is 427 g/mol. The van der Waals surface area contributed by atoms with Gasteiger partial charge in [0, 0.05) is 26.0 Å². The van der Waals surface area contributed by atoms with Crippen LogP contribution in [0.25, 0.3) is 0 Å². The number of rotatable bonds is 13. The van der Waals surface area contributed by atoms with E-state index in [1.165, 1.54) is 7.05 Å². The summed E-state index contributed by atoms with van der Waals surface area (Å²) in [5.41, 5.74) is 1.96. The molecule has 2 atom stereocenters. The summed E-state index contributed by atoms with van der Waals surface area (Å²) in [6.45, 7) is 0.883. The minimum atomic E-state index is -1.05. The summed E-state index contributed by atoms with van der Waals surface area (Å²) < 4.78 is 5.63. The third-order valence-electron chi connectivity index (χ3n) is 4.91. The topological polar surface area (TPSA) is 105 Å². The Kier molecular flexibility index (Phi) is 10.2. The van der Waals surface area contributed by atoms with Crippen molar-refractivity contribution in [1.82, 2.24) is 10.6 Å². The van der Waals surface area contributed by atoms with Gasteiger partial charge in [-0.1, -0.05) is 60.7 Å². The van der Waals surface area contributed by atoms with Gasteiger partial charge in [-0.3, -0.25) is 14.4 Å². The van der Waals surface area contributed by atoms with Crippen LogP contribution >= 0.6 is 0 Å². The summed E-state index contributed by atoms with van der Waals surface area (Å²) in [6.07, 6.45) is 0.933. The third kappa shape index (κ3) is 9.00. The first-order valence-corrected chi connectivity index (χ1v) is 10.4. The number of likely N-dealkylation sites (N-methyl/N-ethyl adjacent to an activating group) is 1. The van der Waals surface area contributed by atoms with Gasteiger partial charge in [0.25, 0.3) is 0 Å². The van der Waals surface area contributed by atoms with Crippen molar-refractivity contribution in [3.63, 3.8) is 0 Å². The van der Waals surface area contributed by atoms with Crippen molar-refractivity contribution in [2.24, 2.45) is 5.92 Å². The van der Waals surface area contributed by atoms with Crippen molar-refractivity contribution in [3.8, 4) is 0 Å². The maximum absolute atomic E-state index is 12.8. The number of benzene rings is 2. The second-order valence-electron chi connectivity index (χ2n) is 7.34. The zero-order valence-corrected chi connectivity index (χ0v) is 17.8. The maximum atomic E-state index is 12.8. The largest absolute Gasteiger partial charge is 0.481 e. The Labute approximate surface area is 182 Å². The molecule has 0 bridgehead atoms. The van der Waals surface area contributed by atoms with Gasteiger partial charge in [0.15, 0.2) is 0 Å². The Morgan fingerprint density at radius 2 is 1.55 bits per heavy atom. The van der Waals surface area contributed by atoms with E-state index >= 15 is 0 Å². The van der Waals surface area contributed by atoms with Gasteiger partial charge < -0.3 is 20.5 Å². The van der Waals surface area contributed by atoms with Gasteiger partial charge in [0.05, 0.1) is 13.0 Å². The Balaban J connectivity index is 1.89. The molecule has 0 radical (unpaired) electrons. The minimum absolute atomic E-state index is 0.295. The number of nitrogens with one attached hydrogen (secondary N) is 2. The van der Waals surface area contributed by atoms with Crippen molar-refractivity contribution in [2.45, 2.75) is 38.3 Å². The standard InChI is InChI=1S/C24H30N2O5/c1-25-24(30)21(15-18-9-4-2-5-10-18)26-23(29)20(16-22(27)28)13-8-14-31-17-19-11-6-3-7-12-19/h2-7,9-12,20-21H,8,13-17H2,1H3,(H,25,30)(H,26,29)(H,27,28)/t20-,21+/m1/s1. The highest BCUT2D eigenvalue weighted by atomic mass is 16.5. The molecule has 0 spiro atoms. The second kappa shape index (κ2) is 13.2. The quantitative estimate of drug-likeness (QED) is 0.427. The monoisotopic (exact) mass is 426 g/mol. The highest BCUT2D eigenvalue weighted by Gasteiger charge is 2.26. The van der Waals surface area contributed by atoms with Crippen LogP contribution in [-0.4, -0.2) is 42.6 Å². The number of ether oxygens (including phenoxy) is 1. The summed E-state index contributed by atoms with van der Waals surface area (Å²) in [4.78, 5) is 36.3. The number of carbonyl (C=O) groups is 3. The molecule has 0 aliphatic carbocycles. The number of hydrogen-bond acceptors (Lipinski definition) is 4. The van der Waals surface area contributed by atoms with Gasteiger partial charge in [-0.25, -0.2) is 0 Å². The summed E-state index contributed by atoms with van der Waals surface area (Å²) in [5.74, 6) is -2.54. The SMILES string of the molecule is CNC(=O)[C@H](Cc1ccccc1)NC(=O)[C@H](CCCOCc1ccccc1)CC(=O)O. The molecule has 0 aliphatic rings. The molecular weight excluding hydrogens is 396 g/mol. The Morgan fingerprint density at radius 1 is 0.935 bits per heavy atom. The van der Waals surface area contributed by atoms with Gasteiger partial charge in [0.1, 0.15) is 6.04 Å². The van der Waals surface area contributed by atoms with Gasteiger partial charge in [-0.2, -0.15) is 0 Å². The first-order chi connectivity index (χ1) is 15.0. The number of carboxylic acids is 1. The zero-order chi connectivity index (χ0) is 22.5. The predicted octanol–water partition coefficient (Wildman–Crippen LogP) is 2.55. The first kappa shape index (κ1) is 24.1. The van der Waals surface area contributed by atoms with Crippen LogP contribution in [0.1, 0.15) is 30.4 Å². The molecule has 0 saturated heterocycles. The van der Waals surface area contributed by atoms with Crippen LogP contribution in [0.5, 0.6) is 0 Å². The fourth-order valence-corrected chi connectivity index (χ4v) is 3.26. The molecule has 3 N–H and O–H groups in total. The van der Waals surface area contributed by atoms with Crippen molar-refractivity contribution in [3.05, 3.63) is 71.8 Å². The highest BCUT2D eigenvalue weighted by molar-refractivity contribution is 5.89. The van der Waals surface area contributed by atoms with Crippen molar-refractivity contribution >= 4 is 17.8 Å². The molecule has 7 heteroatoms. The van der Waals surface area contributed by atoms with Crippen LogP contribution in [0.3, 0.4) is 0 Å². The molecule has 2 rings (SSSR count). The van der Waals surface area contributed by atoms with E-state index in [0.717, 1.165) is 11.1 Å². The molecule has 0 fully saturated rings. The highest BCUT2D eigenvalue weighted by Crippen LogP contribution is 2.14. The number of carbonyl (C=O) groups excluding carboxylic acids is 2. The van der Waals surface area contributed by atoms with Crippen molar-refractivity contribution < 1.29 is 24.2 Å². The van der Waals surface area contributed by atoms with E-state index in [-0.39, 0.29) is 12.3 Å². The molecular formula is C24H30N2O5. The average Bonchev–Trinajstić information content (AvgIpc) is 2.78. The smallest absolute Gasteiger partial charge is 0.304 e. The maximum Gasteiger partial charge on any atom is 0.304 e. The van der Waals surface area contributed by atoms with Crippen LogP contribution in [0.15, 0.2) is 60.7 Å². The molecule has 166 valence electrons. The van der Waals surface area contributed by atoms with E-state index < -0.39 is 23.8 Å². The Bertz CT molecular complexity index is 826. The lowest BCUT2D eigenvalue weighted by Crippen LogP contribution is -2.49. The molecule has 7 nitrogen and oxygen atoms in total. The van der Waals surface area contributed by atoms with Crippen LogP contribution in [0.2, 0.25) is 0 Å². The van der Waals surface area contributed by atoms with E-state index in [1.54, 1.807) is 0 Å². The lowest BCUT2D eigenvalue weighted by molar-refractivity contribution is -0.141. The van der Waals surface area contributed by atoms with E-state index in [4.69, 9.17) is 4.74 Å². The molecule has 2 amide bonds. The molecule has 2 aromatic rings. The molecule has 31 heavy (non-hydrogen) atoms. The molecule has 0 saturated carbocycles. The van der Waals surface area contributed by atoms with Crippen LogP contribution < -0.4 is 10.6 Å². The molecule has 0 aliphatic heterocycles. The molecule has 0 aromatic heterocycles. The third-order valence-corrected chi connectivity index (χ3v) is 4.91. The van der Waals surface area contributed by atoms with E-state index in [0.29, 0.717) is 32.5 Å². The van der Waals surface area contributed by atoms with Gasteiger partial charge in [0.2, 0.25) is 11.8 Å². The van der Waals surface area contributed by atoms with Gasteiger partial charge in [-0.05, 0) is 24.0 Å². The number of carboxylic acid groups (broad SMARTS) is 1. The number of amides is 2. The summed E-state index contributed by atoms with van der Waals surface area (Å²) >= 11 is 0. The van der Waals surface area contributed by atoms with E-state index in [2.05, 4.69) is 10.6 Å². The van der Waals surface area contributed by atoms with Crippen molar-refractivity contribution in [1.29, 1.82) is 0 Å². The van der Waals surface area contributed by atoms with Crippen LogP contribution in [0, 0.1) is 5.92 Å². The minimum Gasteiger partial charge on any atom is -0.481 e. The Hall–Kier alpha value is -3.19. The molecule has 2 aromatic carbocycles. The number of aliphatic carboxylic acids is 1. The van der Waals surface area contributed by atoms with Crippen molar-refractivity contribution in [2.75, 3.05) is 13.7 Å². The fourth-order valence-electron chi connectivity index (χ4n) is 3.26. The Morgan fingerprint density at radius 3 is 2.13 bits per heavy atom. The molecule has 0 unspecified atom stereocenters. The first-order valence-electron chi connectivity index (χ1n) is 10.4. The second-order valence-corrected chi connectivity index (χ2v) is 7.34. The summed E-state index contributed by atoms with van der Waals surface area (Å²) in [5, 5.41) is 14.5. The fraction of sp³-hybridized carbons (Fsp3) is 0.375. The zero-order valence-electron chi connectivity index (χ0n) is 17.8. The predicted molar refractivity (Wildman–Crippen MR) is 117 cm³/mol. The van der Waals surface area contributed by atoms with E-state index in [9.17, 15) is 19.5 Å². The van der Waals surface area contributed by atoms with Crippen LogP contribution in [0.4, 0.5) is 0 Å². The summed E-state index contributed by atoms with van der Waals surface area (Å²) in [6, 6.07) is 18.3. The normalized spacial score (nSPS) is 12.5. The number of hydrogen-bond donors (Lipinski definition) is 3. The summed E-state index contributed by atoms with van der Waals surface area (Å²) in [7, 11) is 1.51. The lowest BCUT2D eigenvalue weighted by Gasteiger charge is -2.21. The van der Waals surface area contributed by atoms with Crippen LogP contribution in [-0.2, 0) is 32.1 Å². The molecule has 0 heterocycles.